The summed E-state index contributed by atoms with van der Waals surface area (Å²) in [6.45, 7) is 2.04. The van der Waals surface area contributed by atoms with Crippen LogP contribution in [-0.2, 0) is 42.1 Å². The number of thiophene rings is 1. The minimum atomic E-state index is -3.77. The van der Waals surface area contributed by atoms with Gasteiger partial charge in [-0.05, 0) is 30.5 Å². The maximum absolute atomic E-state index is 13.6. The van der Waals surface area contributed by atoms with Crippen LogP contribution in [0.1, 0.15) is 23.3 Å². The van der Waals surface area contributed by atoms with E-state index in [-0.39, 0.29) is 43.4 Å². The Hall–Kier alpha value is -2.51. The first kappa shape index (κ1) is 29.5. The smallest absolute Gasteiger partial charge is 0.246 e. The maximum Gasteiger partial charge on any atom is 0.246 e. The number of likely N-dealkylation sites (tertiary alicyclic amines) is 1. The molecule has 2 aromatic rings. The highest BCUT2D eigenvalue weighted by Gasteiger charge is 2.43. The van der Waals surface area contributed by atoms with Gasteiger partial charge in [0.25, 0.3) is 0 Å². The summed E-state index contributed by atoms with van der Waals surface area (Å²) in [5.74, 6) is -1.29. The van der Waals surface area contributed by atoms with Gasteiger partial charge in [-0.3, -0.25) is 14.4 Å². The molecule has 3 heterocycles. The first-order valence-corrected chi connectivity index (χ1v) is 15.7. The van der Waals surface area contributed by atoms with E-state index in [0.29, 0.717) is 37.2 Å². The topological polar surface area (TPSA) is 116 Å². The molecule has 10 nitrogen and oxygen atoms in total. The molecule has 2 atom stereocenters. The van der Waals surface area contributed by atoms with Crippen LogP contribution < -0.4 is 4.72 Å². The van der Waals surface area contributed by atoms with E-state index in [0.717, 1.165) is 10.4 Å². The van der Waals surface area contributed by atoms with Crippen LogP contribution in [0.4, 0.5) is 0 Å². The number of ether oxygens (including phenoxy) is 1. The van der Waals surface area contributed by atoms with Crippen LogP contribution in [-0.4, -0.2) is 98.6 Å². The maximum atomic E-state index is 13.6. The lowest BCUT2D eigenvalue weighted by atomic mass is 10.1. The van der Waals surface area contributed by atoms with Crippen molar-refractivity contribution in [3.63, 3.8) is 0 Å². The number of carbonyl (C=O) groups is 3. The highest BCUT2D eigenvalue weighted by molar-refractivity contribution is 7.89. The largest absolute Gasteiger partial charge is 0.378 e. The molecule has 0 radical (unpaired) electrons. The van der Waals surface area contributed by atoms with Crippen molar-refractivity contribution >= 4 is 50.7 Å². The van der Waals surface area contributed by atoms with E-state index in [9.17, 15) is 22.8 Å². The van der Waals surface area contributed by atoms with E-state index in [4.69, 9.17) is 16.3 Å². The Morgan fingerprint density at radius 3 is 2.54 bits per heavy atom. The Kier molecular flexibility index (Phi) is 10.00. The monoisotopic (exact) mass is 596 g/mol. The minimum absolute atomic E-state index is 0.170. The zero-order valence-corrected chi connectivity index (χ0v) is 24.1. The lowest BCUT2D eigenvalue weighted by Crippen LogP contribution is -2.55. The van der Waals surface area contributed by atoms with Crippen molar-refractivity contribution in [2.45, 2.75) is 37.9 Å². The van der Waals surface area contributed by atoms with Gasteiger partial charge in [-0.25, -0.2) is 13.1 Å². The van der Waals surface area contributed by atoms with E-state index in [1.165, 1.54) is 21.1 Å². The fourth-order valence-electron chi connectivity index (χ4n) is 4.71. The number of sulfonamides is 1. The minimum Gasteiger partial charge on any atom is -0.378 e. The Morgan fingerprint density at radius 2 is 1.87 bits per heavy atom. The summed E-state index contributed by atoms with van der Waals surface area (Å²) in [6, 6.07) is 11.0. The van der Waals surface area contributed by atoms with Crippen LogP contribution >= 0.6 is 22.9 Å². The number of nitrogens with zero attached hydrogens (tertiary/aromatic N) is 3. The second-order valence-corrected chi connectivity index (χ2v) is 13.3. The zero-order valence-electron chi connectivity index (χ0n) is 21.8. The van der Waals surface area contributed by atoms with E-state index >= 15 is 0 Å². The van der Waals surface area contributed by atoms with Crippen LogP contribution in [0, 0.1) is 0 Å². The number of rotatable bonds is 11. The Balaban J connectivity index is 1.43. The normalized spacial score (nSPS) is 18.8. The van der Waals surface area contributed by atoms with Gasteiger partial charge < -0.3 is 19.4 Å². The second kappa shape index (κ2) is 13.2. The van der Waals surface area contributed by atoms with Crippen molar-refractivity contribution in [3.05, 3.63) is 57.2 Å². The van der Waals surface area contributed by atoms with Crippen molar-refractivity contribution < 1.29 is 27.5 Å². The third-order valence-electron chi connectivity index (χ3n) is 6.85. The Morgan fingerprint density at radius 1 is 1.15 bits per heavy atom. The van der Waals surface area contributed by atoms with Crippen molar-refractivity contribution in [2.24, 2.45) is 0 Å². The van der Waals surface area contributed by atoms with Gasteiger partial charge in [0.1, 0.15) is 12.1 Å². The molecule has 2 fully saturated rings. The molecule has 39 heavy (non-hydrogen) atoms. The molecule has 0 spiro atoms. The van der Waals surface area contributed by atoms with Gasteiger partial charge in [-0.2, -0.15) is 0 Å². The standard InChI is InChI=1S/C26H33ClN4O6S2/c1-29(18-19-5-3-2-4-6-19)24(32)17-22(26(34)30-12-14-37-15-13-30)31-11-9-21(25(31)33)28-39(35,36)16-10-20-7-8-23(27)38-20/h2-8,21-22,28H,9-18H2,1H3/t21-,22?/m0/s1. The molecule has 1 aromatic carbocycles. The van der Waals surface area contributed by atoms with Crippen LogP contribution in [0.2, 0.25) is 4.34 Å². The van der Waals surface area contributed by atoms with E-state index in [1.807, 2.05) is 30.3 Å². The molecule has 1 aromatic heterocycles. The predicted octanol–water partition coefficient (Wildman–Crippen LogP) is 1.74. The number of halogens is 1. The van der Waals surface area contributed by atoms with Gasteiger partial charge in [-0.1, -0.05) is 41.9 Å². The van der Waals surface area contributed by atoms with Gasteiger partial charge >= 0.3 is 0 Å². The van der Waals surface area contributed by atoms with Gasteiger partial charge in [0.2, 0.25) is 27.7 Å². The van der Waals surface area contributed by atoms with E-state index < -0.39 is 28.0 Å². The number of carbonyl (C=O) groups excluding carboxylic acids is 3. The molecule has 2 aliphatic rings. The molecule has 212 valence electrons. The Bertz CT molecular complexity index is 1270. The molecule has 0 saturated carbocycles. The number of morpholine rings is 1. The first-order chi connectivity index (χ1) is 18.6. The van der Waals surface area contributed by atoms with Crippen molar-refractivity contribution in [3.8, 4) is 0 Å². The summed E-state index contributed by atoms with van der Waals surface area (Å²) in [6.07, 6.45) is 0.297. The summed E-state index contributed by atoms with van der Waals surface area (Å²) in [7, 11) is -2.11. The van der Waals surface area contributed by atoms with Crippen molar-refractivity contribution in [1.29, 1.82) is 0 Å². The third kappa shape index (κ3) is 8.01. The Labute approximate surface area is 237 Å². The summed E-state index contributed by atoms with van der Waals surface area (Å²) >= 11 is 7.24. The SMILES string of the molecule is CN(Cc1ccccc1)C(=O)CC(C(=O)N1CCOCC1)N1CC[C@H](NS(=O)(=O)CCc2ccc(Cl)s2)C1=O. The third-order valence-corrected chi connectivity index (χ3v) is 9.52. The summed E-state index contributed by atoms with van der Waals surface area (Å²) in [5, 5.41) is 0. The number of hydrogen-bond acceptors (Lipinski definition) is 7. The molecule has 2 aliphatic heterocycles. The molecule has 1 unspecified atom stereocenters. The zero-order chi connectivity index (χ0) is 28.0. The van der Waals surface area contributed by atoms with Crippen LogP contribution in [0.3, 0.4) is 0 Å². The van der Waals surface area contributed by atoms with Gasteiger partial charge in [-0.15, -0.1) is 11.3 Å². The van der Waals surface area contributed by atoms with Crippen molar-refractivity contribution in [1.82, 2.24) is 19.4 Å². The molecule has 13 heteroatoms. The van der Waals surface area contributed by atoms with Gasteiger partial charge in [0.15, 0.2) is 0 Å². The average Bonchev–Trinajstić information content (AvgIpc) is 3.51. The highest BCUT2D eigenvalue weighted by atomic mass is 35.5. The van der Waals surface area contributed by atoms with Crippen LogP contribution in [0.15, 0.2) is 42.5 Å². The molecule has 2 saturated heterocycles. The lowest BCUT2D eigenvalue weighted by Gasteiger charge is -2.35. The summed E-state index contributed by atoms with van der Waals surface area (Å²) < 4.78 is 33.9. The van der Waals surface area contributed by atoms with E-state index in [1.54, 1.807) is 24.1 Å². The quantitative estimate of drug-likeness (QED) is 0.422. The molecule has 0 aliphatic carbocycles. The fourth-order valence-corrected chi connectivity index (χ4v) is 7.18. The molecule has 4 rings (SSSR count). The van der Waals surface area contributed by atoms with E-state index in [2.05, 4.69) is 4.72 Å². The summed E-state index contributed by atoms with van der Waals surface area (Å²) in [5.41, 5.74) is 0.945. The number of nitrogens with one attached hydrogen (secondary N) is 1. The number of aryl methyl sites for hydroxylation is 1. The molecule has 3 amide bonds. The molecular formula is C26H33ClN4O6S2. The molecular weight excluding hydrogens is 564 g/mol. The van der Waals surface area contributed by atoms with Gasteiger partial charge in [0.05, 0.1) is 29.7 Å². The van der Waals surface area contributed by atoms with Crippen molar-refractivity contribution in [2.75, 3.05) is 45.6 Å². The highest BCUT2D eigenvalue weighted by Crippen LogP contribution is 2.23. The predicted molar refractivity (Wildman–Crippen MR) is 149 cm³/mol. The number of benzene rings is 1. The summed E-state index contributed by atoms with van der Waals surface area (Å²) in [4.78, 5) is 45.5. The first-order valence-electron chi connectivity index (χ1n) is 12.8. The lowest BCUT2D eigenvalue weighted by molar-refractivity contribution is -0.149. The van der Waals surface area contributed by atoms with Crippen LogP contribution in [0.5, 0.6) is 0 Å². The number of amides is 3. The average molecular weight is 597 g/mol. The molecule has 1 N–H and O–H groups in total. The molecule has 0 bridgehead atoms. The second-order valence-electron chi connectivity index (χ2n) is 9.66. The van der Waals surface area contributed by atoms with Crippen LogP contribution in [0.25, 0.3) is 0 Å². The van der Waals surface area contributed by atoms with Gasteiger partial charge in [0, 0.05) is 38.1 Å². The number of hydrogen-bond donors (Lipinski definition) is 1. The fraction of sp³-hybridized carbons (Fsp3) is 0.500.